The lowest BCUT2D eigenvalue weighted by Gasteiger charge is -2.08. The van der Waals surface area contributed by atoms with Gasteiger partial charge < -0.3 is 10.3 Å². The molecule has 154 valence electrons. The molecule has 2 N–H and O–H groups in total. The Balaban J connectivity index is 1.67. The number of nitrogens with two attached hydrogens (primary N) is 1. The van der Waals surface area contributed by atoms with Crippen LogP contribution < -0.4 is 5.73 Å². The Morgan fingerprint density at radius 1 is 1.00 bits per heavy atom. The first-order chi connectivity index (χ1) is 15.0. The number of halogens is 2. The van der Waals surface area contributed by atoms with E-state index < -0.39 is 6.43 Å². The van der Waals surface area contributed by atoms with Crippen molar-refractivity contribution in [3.63, 3.8) is 0 Å². The van der Waals surface area contributed by atoms with Crippen molar-refractivity contribution in [1.82, 2.24) is 24.7 Å². The summed E-state index contributed by atoms with van der Waals surface area (Å²) in [4.78, 5) is 9.00. The molecule has 5 rings (SSSR count). The first-order valence-corrected chi connectivity index (χ1v) is 9.44. The summed E-state index contributed by atoms with van der Waals surface area (Å²) in [5.74, 6) is 0.470. The maximum atomic E-state index is 13.8. The second-order valence-electron chi connectivity index (χ2n) is 6.97. The monoisotopic (exact) mass is 418 g/mol. The summed E-state index contributed by atoms with van der Waals surface area (Å²) in [6.07, 6.45) is -1.35. The first-order valence-electron chi connectivity index (χ1n) is 9.44. The molecule has 0 saturated carbocycles. The molecule has 0 atom stereocenters. The lowest BCUT2D eigenvalue weighted by Crippen LogP contribution is -2.02. The van der Waals surface area contributed by atoms with Crippen LogP contribution in [0.5, 0.6) is 0 Å². The van der Waals surface area contributed by atoms with Crippen LogP contribution in [-0.2, 0) is 0 Å². The summed E-state index contributed by atoms with van der Waals surface area (Å²) in [5.41, 5.74) is 9.51. The smallest absolute Gasteiger partial charge is 0.280 e. The van der Waals surface area contributed by atoms with Crippen molar-refractivity contribution in [1.29, 1.82) is 0 Å². The molecule has 0 fully saturated rings. The zero-order valence-corrected chi connectivity index (χ0v) is 16.3. The highest BCUT2D eigenvalue weighted by atomic mass is 19.3. The molecular formula is C22H16F2N6O. The molecule has 31 heavy (non-hydrogen) atoms. The largest absolute Gasteiger partial charge is 0.398 e. The Bertz CT molecular complexity index is 1390. The summed E-state index contributed by atoms with van der Waals surface area (Å²) < 4.78 is 34.0. The van der Waals surface area contributed by atoms with Gasteiger partial charge >= 0.3 is 0 Å². The summed E-state index contributed by atoms with van der Waals surface area (Å²) in [5, 5.41) is 8.13. The number of anilines is 1. The predicted molar refractivity (Wildman–Crippen MR) is 111 cm³/mol. The minimum atomic E-state index is -2.74. The molecule has 3 heterocycles. The van der Waals surface area contributed by atoms with Gasteiger partial charge in [-0.05, 0) is 24.6 Å². The van der Waals surface area contributed by atoms with E-state index in [0.717, 1.165) is 15.6 Å². The van der Waals surface area contributed by atoms with Crippen molar-refractivity contribution in [2.24, 2.45) is 0 Å². The number of alkyl halides is 2. The molecule has 0 radical (unpaired) electrons. The van der Waals surface area contributed by atoms with Gasteiger partial charge in [-0.3, -0.25) is 0 Å². The second kappa shape index (κ2) is 7.28. The zero-order chi connectivity index (χ0) is 21.5. The van der Waals surface area contributed by atoms with Crippen molar-refractivity contribution in [2.75, 3.05) is 5.73 Å². The van der Waals surface area contributed by atoms with Crippen LogP contribution in [0, 0.1) is 6.92 Å². The Kier molecular flexibility index (Phi) is 4.43. The van der Waals surface area contributed by atoms with E-state index in [1.54, 1.807) is 24.3 Å². The van der Waals surface area contributed by atoms with Crippen LogP contribution in [0.3, 0.4) is 0 Å². The number of nitrogens with zero attached hydrogens (tertiary/aromatic N) is 5. The summed E-state index contributed by atoms with van der Waals surface area (Å²) in [6, 6.07) is 15.8. The summed E-state index contributed by atoms with van der Waals surface area (Å²) in [7, 11) is 0. The van der Waals surface area contributed by atoms with Gasteiger partial charge in [0.2, 0.25) is 5.82 Å². The fraction of sp³-hybridized carbons (Fsp3) is 0.0909. The summed E-state index contributed by atoms with van der Waals surface area (Å²) in [6.45, 7) is 1.86. The van der Waals surface area contributed by atoms with Crippen molar-refractivity contribution >= 4 is 11.3 Å². The molecule has 9 heteroatoms. The van der Waals surface area contributed by atoms with Gasteiger partial charge in [-0.1, -0.05) is 47.6 Å². The highest BCUT2D eigenvalue weighted by molar-refractivity contribution is 5.76. The molecule has 0 aliphatic heterocycles. The molecule has 5 aromatic rings. The van der Waals surface area contributed by atoms with E-state index >= 15 is 0 Å². The molecule has 0 aliphatic rings. The van der Waals surface area contributed by atoms with E-state index in [9.17, 15) is 8.78 Å². The number of rotatable bonds is 4. The molecule has 0 spiro atoms. The molecule has 0 unspecified atom stereocenters. The fourth-order valence-electron chi connectivity index (χ4n) is 3.39. The Morgan fingerprint density at radius 3 is 2.58 bits per heavy atom. The quantitative estimate of drug-likeness (QED) is 0.415. The SMILES string of the molecule is Cc1c(N)cccc1-c1noc(-c2cnn3c(C(F)F)cc(-c4ccccc4)nc23)n1. The first kappa shape index (κ1) is 18.9. The molecule has 0 bridgehead atoms. The summed E-state index contributed by atoms with van der Waals surface area (Å²) >= 11 is 0. The minimum absolute atomic E-state index is 0.129. The van der Waals surface area contributed by atoms with E-state index in [1.165, 1.54) is 12.3 Å². The molecule has 2 aromatic carbocycles. The Hall–Kier alpha value is -4.14. The lowest BCUT2D eigenvalue weighted by atomic mass is 10.1. The Labute approximate surface area is 175 Å². The fourth-order valence-corrected chi connectivity index (χ4v) is 3.39. The molecular weight excluding hydrogens is 402 g/mol. The van der Waals surface area contributed by atoms with Crippen LogP contribution in [0.15, 0.2) is 65.3 Å². The molecule has 0 saturated heterocycles. The average molecular weight is 418 g/mol. The molecule has 0 amide bonds. The maximum Gasteiger partial charge on any atom is 0.280 e. The van der Waals surface area contributed by atoms with Gasteiger partial charge in [0.05, 0.1) is 11.9 Å². The van der Waals surface area contributed by atoms with Crippen LogP contribution in [-0.4, -0.2) is 24.7 Å². The number of nitrogen functional groups attached to an aromatic ring is 1. The van der Waals surface area contributed by atoms with Crippen LogP contribution >= 0.6 is 0 Å². The van der Waals surface area contributed by atoms with Crippen LogP contribution in [0.25, 0.3) is 39.7 Å². The van der Waals surface area contributed by atoms with Crippen LogP contribution in [0.2, 0.25) is 0 Å². The van der Waals surface area contributed by atoms with Crippen molar-refractivity contribution < 1.29 is 13.3 Å². The number of aromatic nitrogens is 5. The van der Waals surface area contributed by atoms with Gasteiger partial charge in [-0.2, -0.15) is 10.1 Å². The number of hydrogen-bond acceptors (Lipinski definition) is 6. The number of benzene rings is 2. The van der Waals surface area contributed by atoms with Crippen molar-refractivity contribution in [3.05, 3.63) is 72.1 Å². The molecule has 3 aromatic heterocycles. The van der Waals surface area contributed by atoms with Gasteiger partial charge in [0.25, 0.3) is 12.3 Å². The average Bonchev–Trinajstić information content (AvgIpc) is 3.42. The third kappa shape index (κ3) is 3.20. The van der Waals surface area contributed by atoms with Crippen molar-refractivity contribution in [2.45, 2.75) is 13.3 Å². The van der Waals surface area contributed by atoms with Gasteiger partial charge in [0.15, 0.2) is 5.65 Å². The van der Waals surface area contributed by atoms with Gasteiger partial charge in [0, 0.05) is 16.8 Å². The Morgan fingerprint density at radius 2 is 1.81 bits per heavy atom. The van der Waals surface area contributed by atoms with E-state index in [1.807, 2.05) is 31.2 Å². The zero-order valence-electron chi connectivity index (χ0n) is 16.3. The van der Waals surface area contributed by atoms with E-state index in [-0.39, 0.29) is 17.2 Å². The topological polar surface area (TPSA) is 95.1 Å². The molecule has 0 aliphatic carbocycles. The molecule has 7 nitrogen and oxygen atoms in total. The highest BCUT2D eigenvalue weighted by Crippen LogP contribution is 2.32. The third-order valence-corrected chi connectivity index (χ3v) is 5.07. The van der Waals surface area contributed by atoms with Gasteiger partial charge in [-0.15, -0.1) is 0 Å². The minimum Gasteiger partial charge on any atom is -0.398 e. The third-order valence-electron chi connectivity index (χ3n) is 5.07. The maximum absolute atomic E-state index is 13.8. The van der Waals surface area contributed by atoms with Crippen LogP contribution in [0.4, 0.5) is 14.5 Å². The van der Waals surface area contributed by atoms with E-state index in [2.05, 4.69) is 20.2 Å². The van der Waals surface area contributed by atoms with Crippen molar-refractivity contribution in [3.8, 4) is 34.1 Å². The van der Waals surface area contributed by atoms with E-state index in [0.29, 0.717) is 28.3 Å². The van der Waals surface area contributed by atoms with Crippen LogP contribution in [0.1, 0.15) is 17.7 Å². The van der Waals surface area contributed by atoms with E-state index in [4.69, 9.17) is 10.3 Å². The standard InChI is InChI=1S/C22H16F2N6O/c1-12-14(8-5-9-16(12)25)20-28-22(31-29-20)15-11-26-30-18(19(23)24)10-17(27-21(15)30)13-6-3-2-4-7-13/h2-11,19H,25H2,1H3. The second-order valence-corrected chi connectivity index (χ2v) is 6.97. The highest BCUT2D eigenvalue weighted by Gasteiger charge is 2.22. The number of hydrogen-bond donors (Lipinski definition) is 1. The lowest BCUT2D eigenvalue weighted by molar-refractivity contribution is 0.143. The normalized spacial score (nSPS) is 11.5. The van der Waals surface area contributed by atoms with Gasteiger partial charge in [0.1, 0.15) is 11.3 Å². The number of fused-ring (bicyclic) bond motifs is 1. The predicted octanol–water partition coefficient (Wildman–Crippen LogP) is 4.94. The van der Waals surface area contributed by atoms with Gasteiger partial charge in [-0.25, -0.2) is 18.3 Å².